The number of nitrogens with zero attached hydrogens (tertiary/aromatic N) is 3. The summed E-state index contributed by atoms with van der Waals surface area (Å²) in [4.78, 5) is 4.24. The van der Waals surface area contributed by atoms with Gasteiger partial charge in [-0.3, -0.25) is 0 Å². The molecule has 0 saturated carbocycles. The first kappa shape index (κ1) is 13.1. The van der Waals surface area contributed by atoms with Gasteiger partial charge in [0, 0.05) is 25.8 Å². The third-order valence-corrected chi connectivity index (χ3v) is 2.23. The second-order valence-corrected chi connectivity index (χ2v) is 3.99. The van der Waals surface area contributed by atoms with E-state index in [2.05, 4.69) is 29.2 Å². The molecule has 1 rings (SSSR count). The van der Waals surface area contributed by atoms with Crippen LogP contribution in [0.4, 0.5) is 0 Å². The first-order chi connectivity index (χ1) is 7.74. The number of aryl methyl sites for hydroxylation is 1. The highest BCUT2D eigenvalue weighted by atomic mass is 16.5. The summed E-state index contributed by atoms with van der Waals surface area (Å²) in [5.74, 6) is 0.991. The average molecular weight is 226 g/mol. The molecule has 16 heavy (non-hydrogen) atoms. The Kier molecular flexibility index (Phi) is 6.03. The van der Waals surface area contributed by atoms with Crippen molar-refractivity contribution in [2.24, 2.45) is 0 Å². The minimum Gasteiger partial charge on any atom is -0.382 e. The van der Waals surface area contributed by atoms with Gasteiger partial charge in [-0.25, -0.2) is 9.67 Å². The highest BCUT2D eigenvalue weighted by Crippen LogP contribution is 1.97. The SMILES string of the molecule is CCOCCCn1ncnc1CNC(C)C. The van der Waals surface area contributed by atoms with Gasteiger partial charge < -0.3 is 10.1 Å². The maximum atomic E-state index is 5.29. The third kappa shape index (κ3) is 4.72. The minimum atomic E-state index is 0.466. The molecule has 5 nitrogen and oxygen atoms in total. The van der Waals surface area contributed by atoms with E-state index in [9.17, 15) is 0 Å². The Morgan fingerprint density at radius 3 is 3.00 bits per heavy atom. The zero-order valence-electron chi connectivity index (χ0n) is 10.4. The fourth-order valence-corrected chi connectivity index (χ4v) is 1.37. The molecule has 0 aromatic carbocycles. The molecule has 1 aromatic rings. The molecule has 92 valence electrons. The van der Waals surface area contributed by atoms with Crippen LogP contribution in [0, 0.1) is 0 Å². The van der Waals surface area contributed by atoms with Gasteiger partial charge in [0.05, 0.1) is 6.54 Å². The van der Waals surface area contributed by atoms with Crippen LogP contribution in [0.2, 0.25) is 0 Å². The highest BCUT2D eigenvalue weighted by Gasteiger charge is 2.04. The minimum absolute atomic E-state index is 0.466. The summed E-state index contributed by atoms with van der Waals surface area (Å²) in [6, 6.07) is 0.466. The molecule has 0 spiro atoms. The smallest absolute Gasteiger partial charge is 0.140 e. The van der Waals surface area contributed by atoms with E-state index >= 15 is 0 Å². The van der Waals surface area contributed by atoms with Crippen LogP contribution in [0.1, 0.15) is 33.0 Å². The van der Waals surface area contributed by atoms with E-state index in [0.29, 0.717) is 6.04 Å². The summed E-state index contributed by atoms with van der Waals surface area (Å²) < 4.78 is 7.23. The van der Waals surface area contributed by atoms with Crippen molar-refractivity contribution in [2.45, 2.75) is 46.3 Å². The Labute approximate surface area is 97.2 Å². The molecule has 1 heterocycles. The average Bonchev–Trinajstić information content (AvgIpc) is 2.69. The fraction of sp³-hybridized carbons (Fsp3) is 0.818. The Morgan fingerprint density at radius 1 is 1.50 bits per heavy atom. The Hall–Kier alpha value is -0.940. The number of hydrogen-bond acceptors (Lipinski definition) is 4. The van der Waals surface area contributed by atoms with Crippen molar-refractivity contribution in [1.82, 2.24) is 20.1 Å². The van der Waals surface area contributed by atoms with Gasteiger partial charge in [0.2, 0.25) is 0 Å². The number of nitrogens with one attached hydrogen (secondary N) is 1. The summed E-state index contributed by atoms with van der Waals surface area (Å²) in [5.41, 5.74) is 0. The summed E-state index contributed by atoms with van der Waals surface area (Å²) in [6.07, 6.45) is 2.59. The van der Waals surface area contributed by atoms with Crippen LogP contribution >= 0.6 is 0 Å². The van der Waals surface area contributed by atoms with E-state index in [1.807, 2.05) is 11.6 Å². The van der Waals surface area contributed by atoms with Crippen LogP contribution in [0.25, 0.3) is 0 Å². The summed E-state index contributed by atoms with van der Waals surface area (Å²) in [7, 11) is 0. The van der Waals surface area contributed by atoms with Gasteiger partial charge in [-0.05, 0) is 13.3 Å². The standard InChI is InChI=1S/C11H22N4O/c1-4-16-7-5-6-15-11(13-9-14-15)8-12-10(2)3/h9-10,12H,4-8H2,1-3H3. The van der Waals surface area contributed by atoms with E-state index in [4.69, 9.17) is 4.74 Å². The van der Waals surface area contributed by atoms with Gasteiger partial charge in [-0.2, -0.15) is 5.10 Å². The Bertz CT molecular complexity index is 285. The second-order valence-electron chi connectivity index (χ2n) is 3.99. The fourth-order valence-electron chi connectivity index (χ4n) is 1.37. The van der Waals surface area contributed by atoms with E-state index in [1.165, 1.54) is 0 Å². The molecule has 5 heteroatoms. The van der Waals surface area contributed by atoms with Gasteiger partial charge in [0.15, 0.2) is 0 Å². The predicted molar refractivity (Wildman–Crippen MR) is 63.1 cm³/mol. The molecule has 0 fully saturated rings. The number of hydrogen-bond donors (Lipinski definition) is 1. The van der Waals surface area contributed by atoms with E-state index in [0.717, 1.165) is 38.5 Å². The van der Waals surface area contributed by atoms with Crippen LogP contribution < -0.4 is 5.32 Å². The van der Waals surface area contributed by atoms with E-state index in [1.54, 1.807) is 6.33 Å². The lowest BCUT2D eigenvalue weighted by molar-refractivity contribution is 0.140. The van der Waals surface area contributed by atoms with Crippen molar-refractivity contribution in [3.8, 4) is 0 Å². The van der Waals surface area contributed by atoms with Crippen LogP contribution in [0.3, 0.4) is 0 Å². The molecule has 0 aliphatic heterocycles. The highest BCUT2D eigenvalue weighted by molar-refractivity contribution is 4.84. The first-order valence-corrected chi connectivity index (χ1v) is 5.91. The number of ether oxygens (including phenoxy) is 1. The Balaban J connectivity index is 2.32. The first-order valence-electron chi connectivity index (χ1n) is 5.91. The molecule has 0 unspecified atom stereocenters. The monoisotopic (exact) mass is 226 g/mol. The maximum absolute atomic E-state index is 5.29. The molecule has 1 N–H and O–H groups in total. The molecule has 0 atom stereocenters. The lowest BCUT2D eigenvalue weighted by Crippen LogP contribution is -2.24. The topological polar surface area (TPSA) is 52.0 Å². The van der Waals surface area contributed by atoms with Gasteiger partial charge >= 0.3 is 0 Å². The van der Waals surface area contributed by atoms with Crippen molar-refractivity contribution in [2.75, 3.05) is 13.2 Å². The van der Waals surface area contributed by atoms with Crippen LogP contribution in [-0.2, 0) is 17.8 Å². The summed E-state index contributed by atoms with van der Waals surface area (Å²) in [5, 5.41) is 7.54. The quantitative estimate of drug-likeness (QED) is 0.677. The lowest BCUT2D eigenvalue weighted by Gasteiger charge is -2.09. The molecule has 0 amide bonds. The molecular formula is C11H22N4O. The predicted octanol–water partition coefficient (Wildman–Crippen LogP) is 1.20. The zero-order valence-corrected chi connectivity index (χ0v) is 10.4. The van der Waals surface area contributed by atoms with Gasteiger partial charge in [-0.15, -0.1) is 0 Å². The van der Waals surface area contributed by atoms with Crippen molar-refractivity contribution in [3.05, 3.63) is 12.2 Å². The number of rotatable bonds is 8. The van der Waals surface area contributed by atoms with Crippen molar-refractivity contribution < 1.29 is 4.74 Å². The molecule has 1 aromatic heterocycles. The van der Waals surface area contributed by atoms with Gasteiger partial charge in [0.1, 0.15) is 12.2 Å². The van der Waals surface area contributed by atoms with E-state index in [-0.39, 0.29) is 0 Å². The van der Waals surface area contributed by atoms with Gasteiger partial charge in [0.25, 0.3) is 0 Å². The molecule has 0 radical (unpaired) electrons. The molecule has 0 saturated heterocycles. The van der Waals surface area contributed by atoms with Crippen LogP contribution in [-0.4, -0.2) is 34.0 Å². The maximum Gasteiger partial charge on any atom is 0.140 e. The van der Waals surface area contributed by atoms with Gasteiger partial charge in [-0.1, -0.05) is 13.8 Å². The largest absolute Gasteiger partial charge is 0.382 e. The number of aromatic nitrogens is 3. The Morgan fingerprint density at radius 2 is 2.31 bits per heavy atom. The second kappa shape index (κ2) is 7.35. The van der Waals surface area contributed by atoms with Crippen molar-refractivity contribution in [1.29, 1.82) is 0 Å². The van der Waals surface area contributed by atoms with Crippen LogP contribution in [0.5, 0.6) is 0 Å². The molecule has 0 aliphatic carbocycles. The lowest BCUT2D eigenvalue weighted by atomic mass is 10.4. The molecular weight excluding hydrogens is 204 g/mol. The van der Waals surface area contributed by atoms with Crippen LogP contribution in [0.15, 0.2) is 6.33 Å². The van der Waals surface area contributed by atoms with Crippen molar-refractivity contribution >= 4 is 0 Å². The summed E-state index contributed by atoms with van der Waals surface area (Å²) in [6.45, 7) is 9.45. The zero-order chi connectivity index (χ0) is 11.8. The van der Waals surface area contributed by atoms with Crippen molar-refractivity contribution in [3.63, 3.8) is 0 Å². The van der Waals surface area contributed by atoms with E-state index < -0.39 is 0 Å². The molecule has 0 bridgehead atoms. The normalized spacial score (nSPS) is 11.2. The molecule has 0 aliphatic rings. The third-order valence-electron chi connectivity index (χ3n) is 2.23. The summed E-state index contributed by atoms with van der Waals surface area (Å²) >= 11 is 0.